The van der Waals surface area contributed by atoms with Gasteiger partial charge in [0.2, 0.25) is 23.6 Å². The molecule has 0 atom stereocenters. The smallest absolute Gasteiger partial charge is 0.241 e. The van der Waals surface area contributed by atoms with Crippen molar-refractivity contribution in [3.05, 3.63) is 0 Å². The van der Waals surface area contributed by atoms with Crippen LogP contribution in [-0.4, -0.2) is 61.8 Å². The molecule has 0 heterocycles. The Balaban J connectivity index is 3.75. The van der Waals surface area contributed by atoms with Crippen LogP contribution in [0.1, 0.15) is 66.2 Å². The van der Waals surface area contributed by atoms with Gasteiger partial charge in [0, 0.05) is 33.0 Å². The highest BCUT2D eigenvalue weighted by molar-refractivity contribution is 5.85. The van der Waals surface area contributed by atoms with Gasteiger partial charge < -0.3 is 20.9 Å². The Morgan fingerprint density at radius 2 is 1.24 bits per heavy atom. The maximum absolute atomic E-state index is 12.0. The maximum atomic E-state index is 12.0. The van der Waals surface area contributed by atoms with Crippen molar-refractivity contribution in [1.82, 2.24) is 20.9 Å². The van der Waals surface area contributed by atoms with Gasteiger partial charge >= 0.3 is 0 Å². The first-order chi connectivity index (χ1) is 13.6. The molecule has 4 amide bonds. The van der Waals surface area contributed by atoms with E-state index < -0.39 is 0 Å². The van der Waals surface area contributed by atoms with Gasteiger partial charge in [0.1, 0.15) is 0 Å². The summed E-state index contributed by atoms with van der Waals surface area (Å²) in [6.07, 6.45) is 3.95. The van der Waals surface area contributed by atoms with Crippen LogP contribution in [0.25, 0.3) is 0 Å². The first-order valence-corrected chi connectivity index (χ1v) is 10.7. The van der Waals surface area contributed by atoms with Crippen LogP contribution in [0, 0.1) is 11.8 Å². The van der Waals surface area contributed by atoms with Gasteiger partial charge in [-0.05, 0) is 37.5 Å². The molecule has 0 aromatic heterocycles. The number of unbranched alkanes of at least 4 members (excludes halogenated alkanes) is 1. The highest BCUT2D eigenvalue weighted by Crippen LogP contribution is 2.03. The zero-order chi connectivity index (χ0) is 22.2. The van der Waals surface area contributed by atoms with Crippen molar-refractivity contribution in [3.63, 3.8) is 0 Å². The fourth-order valence-corrected chi connectivity index (χ4v) is 2.39. The van der Waals surface area contributed by atoms with Gasteiger partial charge in [-0.15, -0.1) is 0 Å². The van der Waals surface area contributed by atoms with E-state index in [1.807, 2.05) is 0 Å². The Kier molecular flexibility index (Phi) is 14.6. The second-order valence-corrected chi connectivity index (χ2v) is 8.29. The Hall–Kier alpha value is -2.12. The molecule has 0 saturated carbocycles. The van der Waals surface area contributed by atoms with Gasteiger partial charge in [-0.3, -0.25) is 19.2 Å². The van der Waals surface area contributed by atoms with Crippen LogP contribution in [0.2, 0.25) is 0 Å². The first kappa shape index (κ1) is 26.9. The molecule has 0 aromatic rings. The normalized spacial score (nSPS) is 10.7. The summed E-state index contributed by atoms with van der Waals surface area (Å²) >= 11 is 0. The molecule has 3 N–H and O–H groups in total. The summed E-state index contributed by atoms with van der Waals surface area (Å²) in [6.45, 7) is 9.27. The van der Waals surface area contributed by atoms with E-state index in [2.05, 4.69) is 43.6 Å². The number of carbonyl (C=O) groups is 4. The molecule has 29 heavy (non-hydrogen) atoms. The molecular weight excluding hydrogens is 372 g/mol. The van der Waals surface area contributed by atoms with Gasteiger partial charge in [-0.25, -0.2) is 0 Å². The minimum atomic E-state index is -0.212. The van der Waals surface area contributed by atoms with Crippen LogP contribution in [0.5, 0.6) is 0 Å². The lowest BCUT2D eigenvalue weighted by Crippen LogP contribution is -2.39. The lowest BCUT2D eigenvalue weighted by molar-refractivity contribution is -0.132. The summed E-state index contributed by atoms with van der Waals surface area (Å²) in [7, 11) is 1.70. The van der Waals surface area contributed by atoms with E-state index in [4.69, 9.17) is 0 Å². The van der Waals surface area contributed by atoms with Crippen molar-refractivity contribution >= 4 is 23.6 Å². The van der Waals surface area contributed by atoms with E-state index in [0.29, 0.717) is 37.8 Å². The van der Waals surface area contributed by atoms with Crippen LogP contribution in [-0.2, 0) is 19.2 Å². The standard InChI is InChI=1S/C21H40N4O4/c1-16(2)8-10-18(26)23-14-20(28)22-12-6-7-13-25(5)21(29)15-24-19(27)11-9-17(3)4/h16-17H,6-15H2,1-5H3,(H,22,28)(H,23,26)(H,24,27). The van der Waals surface area contributed by atoms with E-state index >= 15 is 0 Å². The number of nitrogens with one attached hydrogen (secondary N) is 3. The third-order valence-corrected chi connectivity index (χ3v) is 4.45. The molecule has 168 valence electrons. The third-order valence-electron chi connectivity index (χ3n) is 4.45. The zero-order valence-electron chi connectivity index (χ0n) is 18.8. The summed E-state index contributed by atoms with van der Waals surface area (Å²) in [4.78, 5) is 48.5. The lowest BCUT2D eigenvalue weighted by Gasteiger charge is -2.17. The fourth-order valence-electron chi connectivity index (χ4n) is 2.39. The van der Waals surface area contributed by atoms with E-state index in [9.17, 15) is 19.2 Å². The average Bonchev–Trinajstić information content (AvgIpc) is 2.66. The number of amides is 4. The Morgan fingerprint density at radius 1 is 0.724 bits per heavy atom. The summed E-state index contributed by atoms with van der Waals surface area (Å²) in [5.41, 5.74) is 0. The minimum Gasteiger partial charge on any atom is -0.355 e. The van der Waals surface area contributed by atoms with Crippen LogP contribution in [0.15, 0.2) is 0 Å². The summed E-state index contributed by atoms with van der Waals surface area (Å²) < 4.78 is 0. The highest BCUT2D eigenvalue weighted by atomic mass is 16.2. The van der Waals surface area contributed by atoms with E-state index in [1.165, 1.54) is 0 Å². The van der Waals surface area contributed by atoms with Crippen molar-refractivity contribution < 1.29 is 19.2 Å². The van der Waals surface area contributed by atoms with Gasteiger partial charge in [0.05, 0.1) is 13.1 Å². The molecule has 0 rings (SSSR count). The predicted octanol–water partition coefficient (Wildman–Crippen LogP) is 1.45. The number of rotatable bonds is 15. The fraction of sp³-hybridized carbons (Fsp3) is 0.810. The molecule has 0 aliphatic heterocycles. The van der Waals surface area contributed by atoms with Crippen molar-refractivity contribution in [2.75, 3.05) is 33.2 Å². The molecule has 0 saturated heterocycles. The quantitative estimate of drug-likeness (QED) is 0.354. The Morgan fingerprint density at radius 3 is 1.76 bits per heavy atom. The van der Waals surface area contributed by atoms with Crippen molar-refractivity contribution in [1.29, 1.82) is 0 Å². The van der Waals surface area contributed by atoms with E-state index in [0.717, 1.165) is 25.7 Å². The molecule has 0 aliphatic carbocycles. The van der Waals surface area contributed by atoms with Gasteiger partial charge in [-0.2, -0.15) is 0 Å². The van der Waals surface area contributed by atoms with E-state index in [1.54, 1.807) is 11.9 Å². The van der Waals surface area contributed by atoms with Crippen LogP contribution in [0.4, 0.5) is 0 Å². The molecule has 0 aliphatic rings. The Labute approximate surface area is 175 Å². The monoisotopic (exact) mass is 412 g/mol. The van der Waals surface area contributed by atoms with Crippen molar-refractivity contribution in [2.45, 2.75) is 66.2 Å². The topological polar surface area (TPSA) is 108 Å². The van der Waals surface area contributed by atoms with Crippen LogP contribution >= 0.6 is 0 Å². The summed E-state index contributed by atoms with van der Waals surface area (Å²) in [5, 5.41) is 8.02. The van der Waals surface area contributed by atoms with Gasteiger partial charge in [0.25, 0.3) is 0 Å². The predicted molar refractivity (Wildman–Crippen MR) is 114 cm³/mol. The number of carbonyl (C=O) groups excluding carboxylic acids is 4. The molecule has 8 nitrogen and oxygen atoms in total. The third kappa shape index (κ3) is 16.5. The largest absolute Gasteiger partial charge is 0.355 e. The number of likely N-dealkylation sites (N-methyl/N-ethyl adjacent to an activating group) is 1. The molecule has 0 bridgehead atoms. The number of hydrogen-bond acceptors (Lipinski definition) is 4. The molecule has 0 unspecified atom stereocenters. The minimum absolute atomic E-state index is 0.00811. The lowest BCUT2D eigenvalue weighted by atomic mass is 10.1. The van der Waals surface area contributed by atoms with Gasteiger partial charge in [-0.1, -0.05) is 27.7 Å². The van der Waals surface area contributed by atoms with Crippen LogP contribution < -0.4 is 16.0 Å². The van der Waals surface area contributed by atoms with Crippen molar-refractivity contribution in [3.8, 4) is 0 Å². The molecule has 0 radical (unpaired) electrons. The van der Waals surface area contributed by atoms with Gasteiger partial charge in [0.15, 0.2) is 0 Å². The Bertz CT molecular complexity index is 521. The molecule has 0 spiro atoms. The zero-order valence-corrected chi connectivity index (χ0v) is 18.8. The maximum Gasteiger partial charge on any atom is 0.241 e. The molecule has 8 heteroatoms. The SMILES string of the molecule is CC(C)CCC(=O)NCC(=O)NCCCCN(C)C(=O)CNC(=O)CCC(C)C. The highest BCUT2D eigenvalue weighted by Gasteiger charge is 2.11. The second-order valence-electron chi connectivity index (χ2n) is 8.29. The number of hydrogen-bond donors (Lipinski definition) is 3. The molecule has 0 fully saturated rings. The number of nitrogens with zero attached hydrogens (tertiary/aromatic N) is 1. The molecule has 0 aromatic carbocycles. The van der Waals surface area contributed by atoms with E-state index in [-0.39, 0.29) is 36.7 Å². The average molecular weight is 413 g/mol. The summed E-state index contributed by atoms with van der Waals surface area (Å²) in [5.74, 6) is 0.374. The second kappa shape index (κ2) is 15.8. The van der Waals surface area contributed by atoms with Crippen molar-refractivity contribution in [2.24, 2.45) is 11.8 Å². The molecular formula is C21H40N4O4. The summed E-state index contributed by atoms with van der Waals surface area (Å²) in [6, 6.07) is 0. The van der Waals surface area contributed by atoms with Crippen LogP contribution in [0.3, 0.4) is 0 Å². The first-order valence-electron chi connectivity index (χ1n) is 10.7.